The van der Waals surface area contributed by atoms with Crippen molar-refractivity contribution in [2.75, 3.05) is 42.9 Å². The summed E-state index contributed by atoms with van der Waals surface area (Å²) in [5, 5.41) is 3.58. The van der Waals surface area contributed by atoms with Gasteiger partial charge in [0.1, 0.15) is 12.4 Å². The number of nitrogens with one attached hydrogen (secondary N) is 1. The Kier molecular flexibility index (Phi) is 7.01. The van der Waals surface area contributed by atoms with Gasteiger partial charge in [0.15, 0.2) is 0 Å². The molecule has 1 aromatic heterocycles. The van der Waals surface area contributed by atoms with Crippen LogP contribution < -0.4 is 10.2 Å². The van der Waals surface area contributed by atoms with Crippen molar-refractivity contribution in [2.24, 2.45) is 5.92 Å². The first kappa shape index (κ1) is 25.8. The molecule has 0 bridgehead atoms. The Hall–Kier alpha value is -3.46. The molecule has 1 N–H and O–H groups in total. The highest BCUT2D eigenvalue weighted by atomic mass is 16.6. The average Bonchev–Trinajstić information content (AvgIpc) is 3.73. The molecule has 2 aliphatic carbocycles. The molecule has 2 aromatic rings. The zero-order valence-corrected chi connectivity index (χ0v) is 22.8. The quantitative estimate of drug-likeness (QED) is 0.473. The molecule has 0 spiro atoms. The molecule has 1 atom stereocenters. The maximum Gasteiger partial charge on any atom is 0.415 e. The third-order valence-electron chi connectivity index (χ3n) is 8.96. The van der Waals surface area contributed by atoms with Gasteiger partial charge in [0.2, 0.25) is 11.9 Å². The van der Waals surface area contributed by atoms with Gasteiger partial charge < -0.3 is 15.0 Å². The Morgan fingerprint density at radius 1 is 1.21 bits per heavy atom. The summed E-state index contributed by atoms with van der Waals surface area (Å²) >= 11 is 0. The van der Waals surface area contributed by atoms with E-state index in [1.54, 1.807) is 11.1 Å². The Balaban J connectivity index is 1.18. The number of aromatic nitrogens is 2. The van der Waals surface area contributed by atoms with Crippen LogP contribution in [0.2, 0.25) is 0 Å². The monoisotopic (exact) mass is 530 g/mol. The van der Waals surface area contributed by atoms with E-state index >= 15 is 0 Å². The standard InChI is InChI=1S/C30H38N6O3/c1-3-26(37)35-16-14-34(15-17-35)25(18-21-6-5-7-21)22-8-10-24(11-9-22)30(12-13-30)33-28-31-19-23-20-39-29(38)36(4-2)27(23)32-28/h3,8-11,19,21,25H,1,4-7,12-18,20H2,2H3,(H,31,32,33). The van der Waals surface area contributed by atoms with E-state index in [4.69, 9.17) is 9.72 Å². The topological polar surface area (TPSA) is 90.9 Å². The summed E-state index contributed by atoms with van der Waals surface area (Å²) in [6.07, 6.45) is 10.0. The molecule has 2 amide bonds. The van der Waals surface area contributed by atoms with Crippen LogP contribution in [-0.4, -0.2) is 64.5 Å². The molecule has 3 heterocycles. The normalized spacial score (nSPS) is 21.4. The van der Waals surface area contributed by atoms with E-state index in [0.717, 1.165) is 50.5 Å². The molecule has 1 unspecified atom stereocenters. The number of rotatable bonds is 9. The predicted molar refractivity (Wildman–Crippen MR) is 149 cm³/mol. The van der Waals surface area contributed by atoms with E-state index in [-0.39, 0.29) is 24.1 Å². The zero-order chi connectivity index (χ0) is 27.0. The van der Waals surface area contributed by atoms with Gasteiger partial charge in [-0.2, -0.15) is 4.98 Å². The fraction of sp³-hybridized carbons (Fsp3) is 0.533. The highest BCUT2D eigenvalue weighted by molar-refractivity contribution is 5.89. The number of benzene rings is 1. The molecule has 1 saturated heterocycles. The molecule has 206 valence electrons. The summed E-state index contributed by atoms with van der Waals surface area (Å²) in [5.41, 5.74) is 3.23. The fourth-order valence-corrected chi connectivity index (χ4v) is 6.15. The van der Waals surface area contributed by atoms with Crippen molar-refractivity contribution >= 4 is 23.8 Å². The lowest BCUT2D eigenvalue weighted by Gasteiger charge is -2.41. The Morgan fingerprint density at radius 2 is 1.95 bits per heavy atom. The molecule has 39 heavy (non-hydrogen) atoms. The van der Waals surface area contributed by atoms with Gasteiger partial charge in [-0.15, -0.1) is 0 Å². The molecule has 6 rings (SSSR count). The van der Waals surface area contributed by atoms with Crippen molar-refractivity contribution in [1.82, 2.24) is 19.8 Å². The Labute approximate surface area is 230 Å². The lowest BCUT2D eigenvalue weighted by molar-refractivity contribution is -0.128. The second kappa shape index (κ2) is 10.6. The van der Waals surface area contributed by atoms with Gasteiger partial charge >= 0.3 is 6.09 Å². The van der Waals surface area contributed by atoms with E-state index < -0.39 is 0 Å². The van der Waals surface area contributed by atoms with E-state index in [1.807, 2.05) is 11.8 Å². The number of amides is 2. The van der Waals surface area contributed by atoms with Crippen molar-refractivity contribution in [3.63, 3.8) is 0 Å². The largest absolute Gasteiger partial charge is 0.444 e. The van der Waals surface area contributed by atoms with Gasteiger partial charge in [-0.3, -0.25) is 14.6 Å². The molecule has 2 saturated carbocycles. The number of carbonyl (C=O) groups excluding carboxylic acids is 2. The highest BCUT2D eigenvalue weighted by Crippen LogP contribution is 2.48. The molecule has 1 aromatic carbocycles. The van der Waals surface area contributed by atoms with Crippen LogP contribution in [0.5, 0.6) is 0 Å². The smallest absolute Gasteiger partial charge is 0.415 e. The average molecular weight is 531 g/mol. The van der Waals surface area contributed by atoms with E-state index in [9.17, 15) is 9.59 Å². The predicted octanol–water partition coefficient (Wildman–Crippen LogP) is 4.62. The van der Waals surface area contributed by atoms with E-state index in [1.165, 1.54) is 42.9 Å². The first-order valence-corrected chi connectivity index (χ1v) is 14.3. The van der Waals surface area contributed by atoms with Crippen LogP contribution in [0.1, 0.15) is 68.2 Å². The lowest BCUT2D eigenvalue weighted by Crippen LogP contribution is -2.49. The summed E-state index contributed by atoms with van der Waals surface area (Å²) in [6.45, 7) is 9.55. The van der Waals surface area contributed by atoms with Crippen LogP contribution in [0.25, 0.3) is 0 Å². The van der Waals surface area contributed by atoms with Crippen LogP contribution in [0, 0.1) is 5.92 Å². The van der Waals surface area contributed by atoms with Crippen molar-refractivity contribution in [3.05, 3.63) is 59.8 Å². The first-order valence-electron chi connectivity index (χ1n) is 14.3. The molecule has 2 aliphatic heterocycles. The SMILES string of the molecule is C=CC(=O)N1CCN(C(CC2CCC2)c2ccc(C3(Nc4ncc5c(n4)N(CC)C(=O)OC5)CC3)cc2)CC1. The minimum atomic E-state index is -0.364. The van der Waals surface area contributed by atoms with Crippen LogP contribution in [-0.2, 0) is 21.7 Å². The number of carbonyl (C=O) groups is 2. The summed E-state index contributed by atoms with van der Waals surface area (Å²) in [4.78, 5) is 39.5. The number of hydrogen-bond donors (Lipinski definition) is 1. The molecule has 9 heteroatoms. The van der Waals surface area contributed by atoms with Crippen molar-refractivity contribution < 1.29 is 14.3 Å². The van der Waals surface area contributed by atoms with Crippen LogP contribution >= 0.6 is 0 Å². The molecule has 4 aliphatic rings. The maximum absolute atomic E-state index is 12.2. The van der Waals surface area contributed by atoms with Crippen LogP contribution in [0.4, 0.5) is 16.6 Å². The second-order valence-electron chi connectivity index (χ2n) is 11.3. The second-order valence-corrected chi connectivity index (χ2v) is 11.3. The number of fused-ring (bicyclic) bond motifs is 1. The number of anilines is 2. The lowest BCUT2D eigenvalue weighted by atomic mass is 9.79. The van der Waals surface area contributed by atoms with Crippen molar-refractivity contribution in [1.29, 1.82) is 0 Å². The van der Waals surface area contributed by atoms with Gasteiger partial charge in [-0.1, -0.05) is 50.1 Å². The van der Waals surface area contributed by atoms with E-state index in [2.05, 4.69) is 46.0 Å². The van der Waals surface area contributed by atoms with Crippen molar-refractivity contribution in [3.8, 4) is 0 Å². The van der Waals surface area contributed by atoms with E-state index in [0.29, 0.717) is 24.4 Å². The summed E-state index contributed by atoms with van der Waals surface area (Å²) < 4.78 is 5.22. The van der Waals surface area contributed by atoms with Crippen LogP contribution in [0.15, 0.2) is 43.1 Å². The van der Waals surface area contributed by atoms with Crippen molar-refractivity contribution in [2.45, 2.75) is 63.6 Å². The van der Waals surface area contributed by atoms with Gasteiger partial charge in [0.25, 0.3) is 0 Å². The number of ether oxygens (including phenoxy) is 1. The molecular weight excluding hydrogens is 492 g/mol. The number of nitrogens with zero attached hydrogens (tertiary/aromatic N) is 5. The minimum absolute atomic E-state index is 0.0296. The fourth-order valence-electron chi connectivity index (χ4n) is 6.15. The van der Waals surface area contributed by atoms with Gasteiger partial charge in [-0.05, 0) is 49.3 Å². The summed E-state index contributed by atoms with van der Waals surface area (Å²) in [5.74, 6) is 1.99. The maximum atomic E-state index is 12.2. The Bertz CT molecular complexity index is 1230. The number of cyclic esters (lactones) is 1. The third-order valence-corrected chi connectivity index (χ3v) is 8.96. The van der Waals surface area contributed by atoms with Gasteiger partial charge in [0, 0.05) is 45.0 Å². The minimum Gasteiger partial charge on any atom is -0.444 e. The molecular formula is C30H38N6O3. The number of piperazine rings is 1. The number of hydrogen-bond acceptors (Lipinski definition) is 7. The zero-order valence-electron chi connectivity index (χ0n) is 22.8. The first-order chi connectivity index (χ1) is 19.0. The Morgan fingerprint density at radius 3 is 2.56 bits per heavy atom. The third kappa shape index (κ3) is 5.12. The summed E-state index contributed by atoms with van der Waals surface area (Å²) in [7, 11) is 0. The van der Waals surface area contributed by atoms with Crippen LogP contribution in [0.3, 0.4) is 0 Å². The summed E-state index contributed by atoms with van der Waals surface area (Å²) in [6, 6.07) is 9.48. The molecule has 9 nitrogen and oxygen atoms in total. The highest BCUT2D eigenvalue weighted by Gasteiger charge is 2.45. The van der Waals surface area contributed by atoms with Gasteiger partial charge in [0.05, 0.1) is 11.1 Å². The molecule has 3 fully saturated rings. The van der Waals surface area contributed by atoms with Gasteiger partial charge in [-0.25, -0.2) is 9.78 Å². The molecule has 0 radical (unpaired) electrons.